The summed E-state index contributed by atoms with van der Waals surface area (Å²) in [6.45, 7) is 0. The minimum Gasteiger partial charge on any atom is -0.359 e. The number of hydrogen-bond acceptors (Lipinski definition) is 3. The third-order valence-corrected chi connectivity index (χ3v) is 1.84. The first-order valence-corrected chi connectivity index (χ1v) is 4.38. The summed E-state index contributed by atoms with van der Waals surface area (Å²) in [7, 11) is 1.55. The number of nitrogens with zero attached hydrogens (tertiary/aromatic N) is 1. The van der Waals surface area contributed by atoms with Crippen molar-refractivity contribution in [3.8, 4) is 0 Å². The van der Waals surface area contributed by atoms with Crippen molar-refractivity contribution in [1.29, 1.82) is 0 Å². The lowest BCUT2D eigenvalue weighted by atomic mass is 10.3. The molecule has 0 aromatic carbocycles. The molecule has 0 atom stereocenters. The zero-order valence-electron chi connectivity index (χ0n) is 7.99. The molecule has 74 valence electrons. The van der Waals surface area contributed by atoms with Crippen LogP contribution in [0.15, 0.2) is 24.5 Å². The highest BCUT2D eigenvalue weighted by Gasteiger charge is 2.07. The molecule has 0 saturated heterocycles. The maximum absolute atomic E-state index is 11.4. The number of aromatic nitrogens is 1. The average molecular weight is 194 g/mol. The van der Waals surface area contributed by atoms with Gasteiger partial charge in [-0.15, -0.1) is 0 Å². The molecule has 0 aliphatic rings. The molecular weight excluding hydrogens is 182 g/mol. The van der Waals surface area contributed by atoms with Crippen LogP contribution in [-0.4, -0.2) is 23.7 Å². The van der Waals surface area contributed by atoms with Crippen LogP contribution in [0.25, 0.3) is 0 Å². The lowest BCUT2D eigenvalue weighted by Crippen LogP contribution is -2.18. The van der Waals surface area contributed by atoms with E-state index in [1.54, 1.807) is 25.4 Å². The van der Waals surface area contributed by atoms with E-state index in [0.29, 0.717) is 5.56 Å². The molecule has 0 aliphatic carbocycles. The molecule has 0 saturated carbocycles. The summed E-state index contributed by atoms with van der Waals surface area (Å²) in [6.07, 6.45) is 3.57. The maximum atomic E-state index is 11.4. The van der Waals surface area contributed by atoms with Gasteiger partial charge in [0.1, 0.15) is 0 Å². The van der Waals surface area contributed by atoms with Gasteiger partial charge < -0.3 is 5.32 Å². The molecule has 1 amide bonds. The second-order valence-electron chi connectivity index (χ2n) is 2.84. The van der Waals surface area contributed by atoms with Gasteiger partial charge in [0, 0.05) is 37.8 Å². The molecule has 4 nitrogen and oxygen atoms in total. The summed E-state index contributed by atoms with van der Waals surface area (Å²) < 4.78 is 0. The molecule has 1 rings (SSSR count). The smallest absolute Gasteiger partial charge is 0.220 e. The first-order valence-electron chi connectivity index (χ1n) is 4.38. The Morgan fingerprint density at radius 3 is 3.00 bits per heavy atom. The second kappa shape index (κ2) is 5.11. The zero-order chi connectivity index (χ0) is 10.4. The predicted molar refractivity (Wildman–Crippen MR) is 51.9 cm³/mol. The number of hydrogen-bond donors (Lipinski definition) is 1. The summed E-state index contributed by atoms with van der Waals surface area (Å²) in [5.74, 6) is -0.177. The Balaban J connectivity index is 2.48. The standard InChI is InChI=1S/C10H12N2O2/c1-11-10(14)5-4-9(13)8-3-2-6-12-7-8/h2-3,6-7H,4-5H2,1H3,(H,11,14)/i9+2. The SMILES string of the molecule is CNC(=O)CC[14C](=O)c1cccnc1. The van der Waals surface area contributed by atoms with E-state index in [9.17, 15) is 9.59 Å². The Bertz CT molecular complexity index is 322. The first-order chi connectivity index (χ1) is 6.74. The van der Waals surface area contributed by atoms with Crippen molar-refractivity contribution in [3.05, 3.63) is 30.1 Å². The summed E-state index contributed by atoms with van der Waals surface area (Å²) in [4.78, 5) is 26.1. The largest absolute Gasteiger partial charge is 0.359 e. The Labute approximate surface area is 82.3 Å². The molecule has 1 N–H and O–H groups in total. The highest BCUT2D eigenvalue weighted by atomic mass is 16.3. The molecule has 1 aromatic rings. The molecule has 1 heterocycles. The quantitative estimate of drug-likeness (QED) is 0.721. The van der Waals surface area contributed by atoms with Crippen molar-refractivity contribution in [3.63, 3.8) is 0 Å². The number of Topliss-reactive ketones (excluding diaryl/α,β-unsaturated/α-hetero) is 1. The monoisotopic (exact) mass is 194 g/mol. The lowest BCUT2D eigenvalue weighted by molar-refractivity contribution is -0.120. The molecule has 0 spiro atoms. The molecule has 0 fully saturated rings. The molecule has 0 radical (unpaired) electrons. The number of ketones is 1. The minimum absolute atomic E-state index is 0.0540. The van der Waals surface area contributed by atoms with Gasteiger partial charge in [0.05, 0.1) is 0 Å². The fraction of sp³-hybridized carbons (Fsp3) is 0.300. The van der Waals surface area contributed by atoms with Crippen LogP contribution in [0.5, 0.6) is 0 Å². The summed E-state index contributed by atoms with van der Waals surface area (Å²) in [6, 6.07) is 3.40. The van der Waals surface area contributed by atoms with E-state index < -0.39 is 0 Å². The predicted octanol–water partition coefficient (Wildman–Crippen LogP) is 0.791. The van der Waals surface area contributed by atoms with Crippen molar-refractivity contribution < 1.29 is 9.59 Å². The first kappa shape index (κ1) is 10.4. The molecule has 0 bridgehead atoms. The van der Waals surface area contributed by atoms with Gasteiger partial charge in [-0.1, -0.05) is 0 Å². The van der Waals surface area contributed by atoms with Crippen LogP contribution in [0.4, 0.5) is 0 Å². The van der Waals surface area contributed by atoms with Crippen molar-refractivity contribution in [2.24, 2.45) is 0 Å². The van der Waals surface area contributed by atoms with E-state index >= 15 is 0 Å². The van der Waals surface area contributed by atoms with Gasteiger partial charge in [0.25, 0.3) is 0 Å². The Hall–Kier alpha value is -1.71. The number of pyridine rings is 1. The van der Waals surface area contributed by atoms with Crippen LogP contribution in [0.2, 0.25) is 0 Å². The molecule has 4 heteroatoms. The highest BCUT2D eigenvalue weighted by molar-refractivity contribution is 5.97. The number of carbonyl (C=O) groups is 2. The van der Waals surface area contributed by atoms with Crippen LogP contribution in [0.1, 0.15) is 23.2 Å². The fourth-order valence-electron chi connectivity index (χ4n) is 1.02. The van der Waals surface area contributed by atoms with Crippen molar-refractivity contribution in [2.45, 2.75) is 12.8 Å². The Morgan fingerprint density at radius 1 is 1.64 bits per heavy atom. The normalized spacial score (nSPS) is 9.50. The summed E-state index contributed by atoms with van der Waals surface area (Å²) >= 11 is 0. The van der Waals surface area contributed by atoms with Gasteiger partial charge in [0.2, 0.25) is 5.91 Å². The van der Waals surface area contributed by atoms with Crippen LogP contribution in [0.3, 0.4) is 0 Å². The number of rotatable bonds is 4. The topological polar surface area (TPSA) is 59.1 Å². The van der Waals surface area contributed by atoms with Crippen LogP contribution in [-0.2, 0) is 4.79 Å². The van der Waals surface area contributed by atoms with Crippen LogP contribution in [0, 0.1) is 0 Å². The number of carbonyl (C=O) groups excluding carboxylic acids is 2. The third kappa shape index (κ3) is 2.97. The van der Waals surface area contributed by atoms with E-state index in [4.69, 9.17) is 0 Å². The Morgan fingerprint density at radius 2 is 2.43 bits per heavy atom. The van der Waals surface area contributed by atoms with Gasteiger partial charge in [-0.2, -0.15) is 0 Å². The highest BCUT2D eigenvalue weighted by Crippen LogP contribution is 2.02. The molecule has 0 unspecified atom stereocenters. The van der Waals surface area contributed by atoms with E-state index in [2.05, 4.69) is 10.3 Å². The van der Waals surface area contributed by atoms with E-state index in [0.717, 1.165) is 0 Å². The van der Waals surface area contributed by atoms with Crippen LogP contribution >= 0.6 is 0 Å². The summed E-state index contributed by atoms with van der Waals surface area (Å²) in [5, 5.41) is 2.47. The third-order valence-electron chi connectivity index (χ3n) is 1.84. The van der Waals surface area contributed by atoms with E-state index in [1.807, 2.05) is 0 Å². The van der Waals surface area contributed by atoms with Gasteiger partial charge in [-0.3, -0.25) is 14.6 Å². The number of amides is 1. The second-order valence-corrected chi connectivity index (χ2v) is 2.84. The van der Waals surface area contributed by atoms with Gasteiger partial charge in [-0.05, 0) is 12.1 Å². The van der Waals surface area contributed by atoms with Crippen molar-refractivity contribution in [2.75, 3.05) is 7.05 Å². The van der Waals surface area contributed by atoms with E-state index in [-0.39, 0.29) is 24.5 Å². The minimum atomic E-state index is -0.123. The van der Waals surface area contributed by atoms with Crippen molar-refractivity contribution in [1.82, 2.24) is 10.3 Å². The maximum Gasteiger partial charge on any atom is 0.220 e. The molecular formula is C10H12N2O2. The van der Waals surface area contributed by atoms with Gasteiger partial charge in [-0.25, -0.2) is 0 Å². The van der Waals surface area contributed by atoms with Crippen molar-refractivity contribution >= 4 is 11.7 Å². The summed E-state index contributed by atoms with van der Waals surface area (Å²) in [5.41, 5.74) is 0.552. The fourth-order valence-corrected chi connectivity index (χ4v) is 1.02. The Kier molecular flexibility index (Phi) is 3.79. The molecule has 14 heavy (non-hydrogen) atoms. The van der Waals surface area contributed by atoms with E-state index in [1.165, 1.54) is 6.20 Å². The zero-order valence-corrected chi connectivity index (χ0v) is 7.99. The van der Waals surface area contributed by atoms with Crippen LogP contribution < -0.4 is 5.32 Å². The van der Waals surface area contributed by atoms with Gasteiger partial charge >= 0.3 is 0 Å². The average Bonchev–Trinajstić information content (AvgIpc) is 2.26. The molecule has 0 aliphatic heterocycles. The molecule has 1 aromatic heterocycles. The lowest BCUT2D eigenvalue weighted by Gasteiger charge is -1.99. The number of nitrogens with one attached hydrogen (secondary N) is 1. The van der Waals surface area contributed by atoms with Gasteiger partial charge in [0.15, 0.2) is 5.78 Å².